The summed E-state index contributed by atoms with van der Waals surface area (Å²) in [6.45, 7) is 4.00. The van der Waals surface area contributed by atoms with Crippen molar-refractivity contribution in [2.75, 3.05) is 7.11 Å². The van der Waals surface area contributed by atoms with Crippen molar-refractivity contribution in [1.29, 1.82) is 0 Å². The molecule has 0 unspecified atom stereocenters. The smallest absolute Gasteiger partial charge is 0.174 e. The first kappa shape index (κ1) is 13.8. The van der Waals surface area contributed by atoms with Crippen molar-refractivity contribution < 1.29 is 4.74 Å². The molecule has 1 heterocycles. The molecule has 94 valence electrons. The highest BCUT2D eigenvalue weighted by molar-refractivity contribution is 5.41. The lowest BCUT2D eigenvalue weighted by molar-refractivity contribution is 0.415. The van der Waals surface area contributed by atoms with Gasteiger partial charge in [-0.1, -0.05) is 19.9 Å². The second-order valence-corrected chi connectivity index (χ2v) is 3.09. The molecule has 0 aliphatic heterocycles. The Bertz CT molecular complexity index is 466. The molecule has 0 atom stereocenters. The molecule has 1 aromatic carbocycles. The second kappa shape index (κ2) is 7.95. The number of hydrogen-bond acceptors (Lipinski definition) is 4. The Kier molecular flexibility index (Phi) is 6.11. The van der Waals surface area contributed by atoms with Gasteiger partial charge in [0.25, 0.3) is 0 Å². The number of nitrogens with zero attached hydrogens (tertiary/aromatic N) is 3. The Morgan fingerprint density at radius 3 is 2.22 bits per heavy atom. The molecule has 18 heavy (non-hydrogen) atoms. The molecule has 0 bridgehead atoms. The van der Waals surface area contributed by atoms with Crippen LogP contribution in [-0.2, 0) is 0 Å². The lowest BCUT2D eigenvalue weighted by Gasteiger charge is -1.97. The van der Waals surface area contributed by atoms with Crippen molar-refractivity contribution in [3.63, 3.8) is 0 Å². The fraction of sp³-hybridized carbons (Fsp3) is 0.214. The lowest BCUT2D eigenvalue weighted by atomic mass is 10.3. The minimum atomic E-state index is 0.596. The van der Waals surface area contributed by atoms with E-state index in [9.17, 15) is 0 Å². The number of aromatic nitrogens is 1. The summed E-state index contributed by atoms with van der Waals surface area (Å²) < 4.78 is 5.05. The predicted octanol–water partition coefficient (Wildman–Crippen LogP) is 4.53. The van der Waals surface area contributed by atoms with Crippen molar-refractivity contribution in [3.8, 4) is 5.75 Å². The van der Waals surface area contributed by atoms with Gasteiger partial charge in [0.05, 0.1) is 12.8 Å². The van der Waals surface area contributed by atoms with Crippen molar-refractivity contribution in [2.24, 2.45) is 10.2 Å². The second-order valence-electron chi connectivity index (χ2n) is 3.09. The molecule has 0 aliphatic rings. The minimum absolute atomic E-state index is 0.596. The lowest BCUT2D eigenvalue weighted by Crippen LogP contribution is -1.79. The van der Waals surface area contributed by atoms with Crippen LogP contribution in [0.2, 0.25) is 0 Å². The number of benzene rings is 1. The van der Waals surface area contributed by atoms with E-state index in [4.69, 9.17) is 4.74 Å². The van der Waals surface area contributed by atoms with Gasteiger partial charge in [-0.3, -0.25) is 0 Å². The predicted molar refractivity (Wildman–Crippen MR) is 72.8 cm³/mol. The molecular formula is C14H17N3O. The summed E-state index contributed by atoms with van der Waals surface area (Å²) in [5.74, 6) is 1.40. The highest BCUT2D eigenvalue weighted by Crippen LogP contribution is 2.19. The van der Waals surface area contributed by atoms with Gasteiger partial charge in [0.1, 0.15) is 5.75 Å². The average Bonchev–Trinajstić information content (AvgIpc) is 2.49. The summed E-state index contributed by atoms with van der Waals surface area (Å²) in [7, 11) is 1.63. The fourth-order valence-electron chi connectivity index (χ4n) is 1.17. The van der Waals surface area contributed by atoms with Crippen LogP contribution in [0.1, 0.15) is 13.8 Å². The van der Waals surface area contributed by atoms with E-state index in [0.717, 1.165) is 11.4 Å². The number of hydrogen-bond donors (Lipinski definition) is 0. The van der Waals surface area contributed by atoms with E-state index in [1.54, 1.807) is 19.4 Å². The van der Waals surface area contributed by atoms with Crippen LogP contribution in [0.4, 0.5) is 11.5 Å². The van der Waals surface area contributed by atoms with Gasteiger partial charge < -0.3 is 4.74 Å². The zero-order valence-electron chi connectivity index (χ0n) is 10.9. The topological polar surface area (TPSA) is 46.8 Å². The zero-order chi connectivity index (χ0) is 13.2. The van der Waals surface area contributed by atoms with E-state index in [1.165, 1.54) is 0 Å². The van der Waals surface area contributed by atoms with Crippen molar-refractivity contribution >= 4 is 11.5 Å². The van der Waals surface area contributed by atoms with Crippen LogP contribution in [0.15, 0.2) is 58.9 Å². The molecule has 0 aliphatic carbocycles. The molecule has 2 aromatic rings. The maximum absolute atomic E-state index is 5.05. The molecule has 0 radical (unpaired) electrons. The number of rotatable bonds is 3. The first-order valence-corrected chi connectivity index (χ1v) is 5.85. The zero-order valence-corrected chi connectivity index (χ0v) is 10.9. The van der Waals surface area contributed by atoms with E-state index in [-0.39, 0.29) is 0 Å². The van der Waals surface area contributed by atoms with E-state index in [1.807, 2.05) is 50.2 Å². The van der Waals surface area contributed by atoms with Crippen LogP contribution >= 0.6 is 0 Å². The SMILES string of the molecule is CC.COc1ccc(N=Nc2ccccn2)cc1. The fourth-order valence-corrected chi connectivity index (χ4v) is 1.17. The average molecular weight is 243 g/mol. The summed E-state index contributed by atoms with van der Waals surface area (Å²) >= 11 is 0. The summed E-state index contributed by atoms with van der Waals surface area (Å²) in [4.78, 5) is 4.04. The van der Waals surface area contributed by atoms with Crippen LogP contribution < -0.4 is 4.74 Å². The quantitative estimate of drug-likeness (QED) is 0.743. The molecule has 0 spiro atoms. The van der Waals surface area contributed by atoms with Gasteiger partial charge in [0.2, 0.25) is 0 Å². The summed E-state index contributed by atoms with van der Waals surface area (Å²) in [6, 6.07) is 12.9. The molecule has 0 saturated heterocycles. The number of pyridine rings is 1. The maximum Gasteiger partial charge on any atom is 0.174 e. The largest absolute Gasteiger partial charge is 0.497 e. The number of methoxy groups -OCH3 is 1. The third-order valence-electron chi connectivity index (χ3n) is 1.99. The Labute approximate surface area is 107 Å². The van der Waals surface area contributed by atoms with Crippen LogP contribution in [-0.4, -0.2) is 12.1 Å². The highest BCUT2D eigenvalue weighted by atomic mass is 16.5. The van der Waals surface area contributed by atoms with Crippen LogP contribution in [0, 0.1) is 0 Å². The van der Waals surface area contributed by atoms with Gasteiger partial charge in [0, 0.05) is 6.20 Å². The number of ether oxygens (including phenoxy) is 1. The van der Waals surface area contributed by atoms with Gasteiger partial charge in [-0.2, -0.15) is 0 Å². The standard InChI is InChI=1S/C12H11N3O.C2H6/c1-16-11-7-5-10(6-8-11)14-15-12-4-2-3-9-13-12;1-2/h2-9H,1H3;1-2H3. The van der Waals surface area contributed by atoms with Gasteiger partial charge in [0.15, 0.2) is 5.82 Å². The molecule has 4 heteroatoms. The Morgan fingerprint density at radius 1 is 0.944 bits per heavy atom. The first-order chi connectivity index (χ1) is 8.88. The molecule has 0 saturated carbocycles. The van der Waals surface area contributed by atoms with Crippen LogP contribution in [0.25, 0.3) is 0 Å². The molecule has 0 fully saturated rings. The third kappa shape index (κ3) is 4.33. The molecule has 2 rings (SSSR count). The van der Waals surface area contributed by atoms with Gasteiger partial charge in [-0.25, -0.2) is 4.98 Å². The van der Waals surface area contributed by atoms with Gasteiger partial charge in [-0.05, 0) is 36.4 Å². The summed E-state index contributed by atoms with van der Waals surface area (Å²) in [5.41, 5.74) is 0.770. The maximum atomic E-state index is 5.05. The van der Waals surface area contributed by atoms with E-state index in [2.05, 4.69) is 15.2 Å². The minimum Gasteiger partial charge on any atom is -0.497 e. The highest BCUT2D eigenvalue weighted by Gasteiger charge is 1.92. The molecular weight excluding hydrogens is 226 g/mol. The summed E-state index contributed by atoms with van der Waals surface area (Å²) in [5, 5.41) is 8.06. The monoisotopic (exact) mass is 243 g/mol. The summed E-state index contributed by atoms with van der Waals surface area (Å²) in [6.07, 6.45) is 1.68. The van der Waals surface area contributed by atoms with E-state index in [0.29, 0.717) is 5.82 Å². The van der Waals surface area contributed by atoms with Crippen molar-refractivity contribution in [2.45, 2.75) is 13.8 Å². The molecule has 1 aromatic heterocycles. The Morgan fingerprint density at radius 2 is 1.67 bits per heavy atom. The molecule has 4 nitrogen and oxygen atoms in total. The number of azo groups is 1. The van der Waals surface area contributed by atoms with Crippen molar-refractivity contribution in [1.82, 2.24) is 4.98 Å². The van der Waals surface area contributed by atoms with Gasteiger partial charge in [-0.15, -0.1) is 10.2 Å². The molecule has 0 N–H and O–H groups in total. The van der Waals surface area contributed by atoms with Crippen LogP contribution in [0.3, 0.4) is 0 Å². The Hall–Kier alpha value is -2.23. The van der Waals surface area contributed by atoms with Crippen molar-refractivity contribution in [3.05, 3.63) is 48.7 Å². The normalized spacial score (nSPS) is 9.72. The van der Waals surface area contributed by atoms with E-state index >= 15 is 0 Å². The Balaban J connectivity index is 0.000000771. The van der Waals surface area contributed by atoms with Gasteiger partial charge >= 0.3 is 0 Å². The third-order valence-corrected chi connectivity index (χ3v) is 1.99. The molecule has 0 amide bonds. The van der Waals surface area contributed by atoms with E-state index < -0.39 is 0 Å². The van der Waals surface area contributed by atoms with Crippen LogP contribution in [0.5, 0.6) is 5.75 Å². The first-order valence-electron chi connectivity index (χ1n) is 5.85.